The van der Waals surface area contributed by atoms with Crippen molar-refractivity contribution in [2.75, 3.05) is 7.11 Å². The van der Waals surface area contributed by atoms with Crippen molar-refractivity contribution in [3.8, 4) is 5.75 Å². The molecular weight excluding hydrogens is 273 g/mol. The fraction of sp³-hybridized carbons (Fsp3) is 0.364. The summed E-state index contributed by atoms with van der Waals surface area (Å²) in [6.45, 7) is -3.04. The smallest absolute Gasteiger partial charge is 0.387 e. The fourth-order valence-corrected chi connectivity index (χ4v) is 1.54. The average Bonchev–Trinajstić information content (AvgIpc) is 2.32. The van der Waals surface area contributed by atoms with Gasteiger partial charge in [0, 0.05) is 11.1 Å². The number of rotatable bonds is 5. The first-order valence-corrected chi connectivity index (χ1v) is 5.40. The lowest BCUT2D eigenvalue weighted by Gasteiger charge is -2.10. The molecule has 0 saturated carbocycles. The van der Waals surface area contributed by atoms with Crippen LogP contribution in [0, 0.1) is 5.82 Å². The Bertz CT molecular complexity index is 438. The predicted molar refractivity (Wildman–Crippen MR) is 58.3 cm³/mol. The molecule has 100 valence electrons. The van der Waals surface area contributed by atoms with Gasteiger partial charge >= 0.3 is 12.6 Å². The Balaban J connectivity index is 3.10. The first-order chi connectivity index (χ1) is 8.47. The van der Waals surface area contributed by atoms with Crippen LogP contribution in [0.15, 0.2) is 12.1 Å². The van der Waals surface area contributed by atoms with Crippen LogP contribution in [-0.2, 0) is 21.8 Å². The monoisotopic (exact) mass is 282 g/mol. The van der Waals surface area contributed by atoms with E-state index in [9.17, 15) is 18.0 Å². The molecule has 7 heteroatoms. The van der Waals surface area contributed by atoms with Crippen molar-refractivity contribution in [1.29, 1.82) is 0 Å². The third-order valence-electron chi connectivity index (χ3n) is 2.13. The van der Waals surface area contributed by atoms with Gasteiger partial charge in [0.25, 0.3) is 0 Å². The average molecular weight is 283 g/mol. The number of hydrogen-bond acceptors (Lipinski definition) is 3. The van der Waals surface area contributed by atoms with E-state index in [0.29, 0.717) is 0 Å². The quantitative estimate of drug-likeness (QED) is 0.615. The summed E-state index contributed by atoms with van der Waals surface area (Å²) in [5.41, 5.74) is -0.121. The molecule has 0 unspecified atom stereocenters. The highest BCUT2D eigenvalue weighted by atomic mass is 35.5. The molecule has 0 spiro atoms. The number of carbonyl (C=O) groups excluding carboxylic acids is 1. The van der Waals surface area contributed by atoms with Gasteiger partial charge in [-0.1, -0.05) is 0 Å². The minimum Gasteiger partial charge on any atom is -0.469 e. The molecule has 0 aromatic heterocycles. The molecule has 1 rings (SSSR count). The molecule has 3 nitrogen and oxygen atoms in total. The molecule has 1 aromatic carbocycles. The Morgan fingerprint density at radius 2 is 2.00 bits per heavy atom. The Morgan fingerprint density at radius 1 is 1.39 bits per heavy atom. The lowest BCUT2D eigenvalue weighted by molar-refractivity contribution is -0.139. The second kappa shape index (κ2) is 6.49. The van der Waals surface area contributed by atoms with Crippen LogP contribution >= 0.6 is 11.6 Å². The highest BCUT2D eigenvalue weighted by Crippen LogP contribution is 2.25. The Kier molecular flexibility index (Phi) is 5.27. The molecule has 0 bridgehead atoms. The van der Waals surface area contributed by atoms with Gasteiger partial charge in [0.2, 0.25) is 0 Å². The normalized spacial score (nSPS) is 10.6. The van der Waals surface area contributed by atoms with Crippen molar-refractivity contribution >= 4 is 17.6 Å². The maximum Gasteiger partial charge on any atom is 0.387 e. The van der Waals surface area contributed by atoms with Crippen LogP contribution in [0.5, 0.6) is 5.75 Å². The fourth-order valence-electron chi connectivity index (χ4n) is 1.34. The zero-order chi connectivity index (χ0) is 13.7. The maximum absolute atomic E-state index is 13.8. The summed E-state index contributed by atoms with van der Waals surface area (Å²) in [5.74, 6) is -1.89. The van der Waals surface area contributed by atoms with E-state index in [4.69, 9.17) is 11.6 Å². The molecule has 1 aromatic rings. The molecule has 0 radical (unpaired) electrons. The van der Waals surface area contributed by atoms with Crippen molar-refractivity contribution in [3.63, 3.8) is 0 Å². The van der Waals surface area contributed by atoms with Gasteiger partial charge in [-0.3, -0.25) is 4.79 Å². The van der Waals surface area contributed by atoms with Crippen LogP contribution in [0.3, 0.4) is 0 Å². The van der Waals surface area contributed by atoms with E-state index in [1.54, 1.807) is 0 Å². The molecule has 0 aliphatic heterocycles. The van der Waals surface area contributed by atoms with Crippen LogP contribution in [-0.4, -0.2) is 19.7 Å². The SMILES string of the molecule is COC(=O)Cc1cc(OC(F)F)cc(CCl)c1F. The molecule has 0 atom stereocenters. The molecule has 18 heavy (non-hydrogen) atoms. The van der Waals surface area contributed by atoms with E-state index >= 15 is 0 Å². The minimum atomic E-state index is -3.04. The molecule has 0 aliphatic rings. The number of alkyl halides is 3. The third-order valence-corrected chi connectivity index (χ3v) is 2.42. The summed E-state index contributed by atoms with van der Waals surface area (Å²) in [5, 5.41) is 0. The van der Waals surface area contributed by atoms with Gasteiger partial charge in [0.1, 0.15) is 11.6 Å². The van der Waals surface area contributed by atoms with Crippen LogP contribution < -0.4 is 4.74 Å². The van der Waals surface area contributed by atoms with Crippen molar-refractivity contribution < 1.29 is 27.4 Å². The first-order valence-electron chi connectivity index (χ1n) is 4.86. The van der Waals surface area contributed by atoms with Crippen molar-refractivity contribution in [2.45, 2.75) is 18.9 Å². The number of halogens is 4. The highest BCUT2D eigenvalue weighted by Gasteiger charge is 2.16. The third kappa shape index (κ3) is 3.80. The summed E-state index contributed by atoms with van der Waals surface area (Å²) in [4.78, 5) is 11.1. The van der Waals surface area contributed by atoms with E-state index in [-0.39, 0.29) is 29.2 Å². The number of carbonyl (C=O) groups is 1. The van der Waals surface area contributed by atoms with Crippen molar-refractivity contribution in [2.24, 2.45) is 0 Å². The Morgan fingerprint density at radius 3 is 2.50 bits per heavy atom. The van der Waals surface area contributed by atoms with Gasteiger partial charge < -0.3 is 9.47 Å². The molecule has 0 aliphatic carbocycles. The molecule has 0 amide bonds. The van der Waals surface area contributed by atoms with Crippen LogP contribution in [0.2, 0.25) is 0 Å². The van der Waals surface area contributed by atoms with Crippen LogP contribution in [0.25, 0.3) is 0 Å². The first kappa shape index (κ1) is 14.6. The Hall–Kier alpha value is -1.43. The lowest BCUT2D eigenvalue weighted by Crippen LogP contribution is -2.09. The van der Waals surface area contributed by atoms with Crippen LogP contribution in [0.1, 0.15) is 11.1 Å². The number of hydrogen-bond donors (Lipinski definition) is 0. The van der Waals surface area contributed by atoms with Gasteiger partial charge in [-0.15, -0.1) is 11.6 Å². The molecular formula is C11H10ClF3O3. The van der Waals surface area contributed by atoms with Gasteiger partial charge in [-0.2, -0.15) is 8.78 Å². The minimum absolute atomic E-state index is 0.0197. The maximum atomic E-state index is 13.8. The summed E-state index contributed by atoms with van der Waals surface area (Å²) in [7, 11) is 1.14. The summed E-state index contributed by atoms with van der Waals surface area (Å²) in [6.07, 6.45) is -0.382. The van der Waals surface area contributed by atoms with E-state index in [1.165, 1.54) is 0 Å². The molecule has 0 heterocycles. The number of methoxy groups -OCH3 is 1. The molecule has 0 saturated heterocycles. The summed E-state index contributed by atoms with van der Waals surface area (Å²) >= 11 is 5.48. The topological polar surface area (TPSA) is 35.5 Å². The van der Waals surface area contributed by atoms with Crippen LogP contribution in [0.4, 0.5) is 13.2 Å². The van der Waals surface area contributed by atoms with Gasteiger partial charge in [0.05, 0.1) is 19.4 Å². The Labute approximate surface area is 106 Å². The zero-order valence-corrected chi connectivity index (χ0v) is 10.1. The number of ether oxygens (including phenoxy) is 2. The highest BCUT2D eigenvalue weighted by molar-refractivity contribution is 6.17. The molecule has 0 fully saturated rings. The van der Waals surface area contributed by atoms with E-state index in [2.05, 4.69) is 9.47 Å². The van der Waals surface area contributed by atoms with Crippen molar-refractivity contribution in [3.05, 3.63) is 29.1 Å². The van der Waals surface area contributed by atoms with E-state index in [0.717, 1.165) is 19.2 Å². The second-order valence-electron chi connectivity index (χ2n) is 3.32. The van der Waals surface area contributed by atoms with E-state index < -0.39 is 18.4 Å². The van der Waals surface area contributed by atoms with Gasteiger partial charge in [0.15, 0.2) is 0 Å². The number of esters is 1. The van der Waals surface area contributed by atoms with E-state index in [1.807, 2.05) is 0 Å². The molecule has 0 N–H and O–H groups in total. The second-order valence-corrected chi connectivity index (χ2v) is 3.59. The predicted octanol–water partition coefficient (Wildman–Crippen LogP) is 2.88. The van der Waals surface area contributed by atoms with Crippen molar-refractivity contribution in [1.82, 2.24) is 0 Å². The van der Waals surface area contributed by atoms with Gasteiger partial charge in [-0.05, 0) is 12.1 Å². The lowest BCUT2D eigenvalue weighted by atomic mass is 10.1. The summed E-state index contributed by atoms with van der Waals surface area (Å²) < 4.78 is 46.4. The zero-order valence-electron chi connectivity index (χ0n) is 9.38. The van der Waals surface area contributed by atoms with Gasteiger partial charge in [-0.25, -0.2) is 4.39 Å². The summed E-state index contributed by atoms with van der Waals surface area (Å²) in [6, 6.07) is 2.09. The number of benzene rings is 1. The largest absolute Gasteiger partial charge is 0.469 e. The standard InChI is InChI=1S/C11H10ClF3O3/c1-17-9(16)4-6-2-8(18-11(14)15)3-7(5-12)10(6)13/h2-3,11H,4-5H2,1H3.